The van der Waals surface area contributed by atoms with Crippen LogP contribution in [0.1, 0.15) is 18.7 Å². The minimum Gasteiger partial charge on any atom is -0.362 e. The predicted molar refractivity (Wildman–Crippen MR) is 69.7 cm³/mol. The van der Waals surface area contributed by atoms with Crippen LogP contribution in [0.15, 0.2) is 22.5 Å². The number of thiophene rings is 1. The van der Waals surface area contributed by atoms with Gasteiger partial charge >= 0.3 is 0 Å². The summed E-state index contributed by atoms with van der Waals surface area (Å²) in [5, 5.41) is 6.65. The summed E-state index contributed by atoms with van der Waals surface area (Å²) in [6.07, 6.45) is 0. The predicted octanol–water partition coefficient (Wildman–Crippen LogP) is 2.97. The van der Waals surface area contributed by atoms with Gasteiger partial charge in [0, 0.05) is 16.7 Å². The molecular weight excluding hydrogens is 224 g/mol. The van der Waals surface area contributed by atoms with Gasteiger partial charge in [0.05, 0.1) is 6.54 Å². The average Bonchev–Trinajstić information content (AvgIpc) is 2.73. The summed E-state index contributed by atoms with van der Waals surface area (Å²) in [7, 11) is 0. The van der Waals surface area contributed by atoms with E-state index < -0.39 is 0 Å². The van der Waals surface area contributed by atoms with Crippen LogP contribution in [0.25, 0.3) is 0 Å². The van der Waals surface area contributed by atoms with E-state index >= 15 is 0 Å². The van der Waals surface area contributed by atoms with Gasteiger partial charge in [0.25, 0.3) is 0 Å². The number of nitrogens with zero attached hydrogens (tertiary/aromatic N) is 1. The summed E-state index contributed by atoms with van der Waals surface area (Å²) in [5.74, 6) is 1.91. The topological polar surface area (TPSA) is 24.4 Å². The van der Waals surface area contributed by atoms with Crippen LogP contribution in [0.3, 0.4) is 0 Å². The minimum absolute atomic E-state index is 0.549. The number of amidine groups is 1. The molecule has 1 aliphatic rings. The molecule has 2 atom stereocenters. The lowest BCUT2D eigenvalue weighted by Crippen LogP contribution is -2.41. The molecule has 1 aromatic heterocycles. The van der Waals surface area contributed by atoms with Crippen molar-refractivity contribution in [1.82, 2.24) is 5.32 Å². The van der Waals surface area contributed by atoms with Crippen molar-refractivity contribution in [2.45, 2.75) is 26.4 Å². The zero-order chi connectivity index (χ0) is 10.7. The molecule has 1 N–H and O–H groups in total. The Morgan fingerprint density at radius 3 is 3.07 bits per heavy atom. The Hall–Kier alpha value is -0.480. The third kappa shape index (κ3) is 2.98. The first-order valence-corrected chi connectivity index (χ1v) is 7.08. The van der Waals surface area contributed by atoms with Crippen molar-refractivity contribution in [2.24, 2.45) is 10.9 Å². The van der Waals surface area contributed by atoms with Crippen LogP contribution in [0, 0.1) is 5.92 Å². The van der Waals surface area contributed by atoms with E-state index in [0.717, 1.165) is 17.6 Å². The first-order chi connectivity index (χ1) is 7.25. The summed E-state index contributed by atoms with van der Waals surface area (Å²) < 4.78 is 0. The summed E-state index contributed by atoms with van der Waals surface area (Å²) in [6.45, 7) is 5.32. The van der Waals surface area contributed by atoms with Crippen LogP contribution in [0.4, 0.5) is 0 Å². The average molecular weight is 240 g/mol. The van der Waals surface area contributed by atoms with Crippen LogP contribution in [0.5, 0.6) is 0 Å². The Labute approximate surface area is 99.2 Å². The molecule has 2 rings (SSSR count). The van der Waals surface area contributed by atoms with Gasteiger partial charge in [-0.05, 0) is 24.3 Å². The Balaban J connectivity index is 1.91. The van der Waals surface area contributed by atoms with Gasteiger partial charge in [-0.25, -0.2) is 0 Å². The summed E-state index contributed by atoms with van der Waals surface area (Å²) in [6, 6.07) is 4.76. The fraction of sp³-hybridized carbons (Fsp3) is 0.545. The molecule has 1 aliphatic heterocycles. The zero-order valence-corrected chi connectivity index (χ0v) is 10.7. The van der Waals surface area contributed by atoms with Crippen LogP contribution in [0.2, 0.25) is 0 Å². The molecule has 4 heteroatoms. The minimum atomic E-state index is 0.549. The van der Waals surface area contributed by atoms with Crippen LogP contribution in [-0.4, -0.2) is 17.0 Å². The molecule has 2 nitrogen and oxygen atoms in total. The highest BCUT2D eigenvalue weighted by Crippen LogP contribution is 2.20. The molecular formula is C11H16N2S2. The lowest BCUT2D eigenvalue weighted by molar-refractivity contribution is 0.490. The Morgan fingerprint density at radius 2 is 2.40 bits per heavy atom. The molecule has 1 saturated heterocycles. The van der Waals surface area contributed by atoms with Gasteiger partial charge in [0.1, 0.15) is 0 Å². The van der Waals surface area contributed by atoms with Crippen LogP contribution < -0.4 is 5.32 Å². The van der Waals surface area contributed by atoms with E-state index in [2.05, 4.69) is 41.7 Å². The molecule has 0 radical (unpaired) electrons. The Kier molecular flexibility index (Phi) is 3.70. The van der Waals surface area contributed by atoms with E-state index in [4.69, 9.17) is 0 Å². The maximum absolute atomic E-state index is 4.59. The molecule has 15 heavy (non-hydrogen) atoms. The largest absolute Gasteiger partial charge is 0.362 e. The van der Waals surface area contributed by atoms with Crippen LogP contribution >= 0.6 is 23.1 Å². The summed E-state index contributed by atoms with van der Waals surface area (Å²) in [5.41, 5.74) is 0. The molecule has 0 amide bonds. The second-order valence-electron chi connectivity index (χ2n) is 3.92. The third-order valence-corrected chi connectivity index (χ3v) is 4.72. The van der Waals surface area contributed by atoms with Crippen molar-refractivity contribution in [2.75, 3.05) is 5.75 Å². The standard InChI is InChI=1S/C11H16N2S2/c1-8-7-15-11(13-9(8)2)12-6-10-4-3-5-14-10/h3-5,8-9H,6-7H2,1-2H3,(H,12,13). The maximum atomic E-state index is 4.59. The molecule has 1 aromatic rings. The van der Waals surface area contributed by atoms with E-state index in [0.29, 0.717) is 6.04 Å². The van der Waals surface area contributed by atoms with E-state index in [1.165, 1.54) is 10.6 Å². The van der Waals surface area contributed by atoms with Crippen molar-refractivity contribution in [1.29, 1.82) is 0 Å². The SMILES string of the molecule is CC1CSC(=NCc2cccs2)NC1C. The molecule has 0 aromatic carbocycles. The molecule has 0 aliphatic carbocycles. The van der Waals surface area contributed by atoms with Gasteiger partial charge in [-0.1, -0.05) is 24.8 Å². The summed E-state index contributed by atoms with van der Waals surface area (Å²) in [4.78, 5) is 5.92. The quantitative estimate of drug-likeness (QED) is 0.859. The highest BCUT2D eigenvalue weighted by Gasteiger charge is 2.20. The van der Waals surface area contributed by atoms with E-state index in [1.807, 2.05) is 11.8 Å². The highest BCUT2D eigenvalue weighted by molar-refractivity contribution is 8.13. The first-order valence-electron chi connectivity index (χ1n) is 5.22. The smallest absolute Gasteiger partial charge is 0.157 e. The number of hydrogen-bond acceptors (Lipinski definition) is 3. The second-order valence-corrected chi connectivity index (χ2v) is 5.96. The molecule has 0 saturated carbocycles. The van der Waals surface area contributed by atoms with E-state index in [1.54, 1.807) is 11.3 Å². The first kappa shape index (κ1) is 11.0. The Morgan fingerprint density at radius 1 is 1.53 bits per heavy atom. The lowest BCUT2D eigenvalue weighted by Gasteiger charge is -2.28. The number of thioether (sulfide) groups is 1. The third-order valence-electron chi connectivity index (χ3n) is 2.65. The lowest BCUT2D eigenvalue weighted by atomic mass is 10.1. The zero-order valence-electron chi connectivity index (χ0n) is 9.06. The summed E-state index contributed by atoms with van der Waals surface area (Å²) >= 11 is 3.61. The highest BCUT2D eigenvalue weighted by atomic mass is 32.2. The van der Waals surface area contributed by atoms with Gasteiger partial charge in [-0.3, -0.25) is 4.99 Å². The van der Waals surface area contributed by atoms with Gasteiger partial charge < -0.3 is 5.32 Å². The molecule has 82 valence electrons. The monoisotopic (exact) mass is 240 g/mol. The number of rotatable bonds is 2. The fourth-order valence-corrected chi connectivity index (χ4v) is 3.14. The molecule has 2 unspecified atom stereocenters. The number of nitrogens with one attached hydrogen (secondary N) is 1. The van der Waals surface area contributed by atoms with Crippen molar-refractivity contribution in [3.63, 3.8) is 0 Å². The molecule has 0 bridgehead atoms. The Bertz CT molecular complexity index is 332. The number of hydrogen-bond donors (Lipinski definition) is 1. The van der Waals surface area contributed by atoms with Crippen molar-refractivity contribution < 1.29 is 0 Å². The molecule has 1 fully saturated rings. The van der Waals surface area contributed by atoms with Crippen molar-refractivity contribution in [3.8, 4) is 0 Å². The second kappa shape index (κ2) is 5.03. The maximum Gasteiger partial charge on any atom is 0.157 e. The van der Waals surface area contributed by atoms with Crippen molar-refractivity contribution >= 4 is 28.3 Å². The van der Waals surface area contributed by atoms with E-state index in [-0.39, 0.29) is 0 Å². The van der Waals surface area contributed by atoms with Gasteiger partial charge in [0.2, 0.25) is 0 Å². The normalized spacial score (nSPS) is 29.1. The fourth-order valence-electron chi connectivity index (χ4n) is 1.38. The van der Waals surface area contributed by atoms with Crippen molar-refractivity contribution in [3.05, 3.63) is 22.4 Å². The molecule has 2 heterocycles. The van der Waals surface area contributed by atoms with Gasteiger partial charge in [-0.15, -0.1) is 11.3 Å². The molecule has 0 spiro atoms. The van der Waals surface area contributed by atoms with Gasteiger partial charge in [-0.2, -0.15) is 0 Å². The number of aliphatic imine (C=N–C) groups is 1. The van der Waals surface area contributed by atoms with Crippen LogP contribution in [-0.2, 0) is 6.54 Å². The van der Waals surface area contributed by atoms with E-state index in [9.17, 15) is 0 Å². The van der Waals surface area contributed by atoms with Gasteiger partial charge in [0.15, 0.2) is 5.17 Å².